The molecule has 2 aromatic rings. The van der Waals surface area contributed by atoms with Crippen LogP contribution in [-0.2, 0) is 21.6 Å². The number of hydrogen-bond acceptors (Lipinski definition) is 4. The first-order valence-electron chi connectivity index (χ1n) is 12.3. The van der Waals surface area contributed by atoms with Crippen LogP contribution in [0.1, 0.15) is 56.0 Å². The second-order valence-corrected chi connectivity index (χ2v) is 16.7. The van der Waals surface area contributed by atoms with Gasteiger partial charge in [0.15, 0.2) is 5.82 Å². The Balaban J connectivity index is 1.52. The molecular weight excluding hydrogens is 484 g/mol. The van der Waals surface area contributed by atoms with Crippen LogP contribution in [0.4, 0.5) is 19.4 Å². The molecule has 0 bridgehead atoms. The molecule has 11 heteroatoms. The Morgan fingerprint density at radius 2 is 1.86 bits per heavy atom. The molecule has 1 aliphatic carbocycles. The van der Waals surface area contributed by atoms with Gasteiger partial charge in [0.25, 0.3) is 0 Å². The molecule has 1 fully saturated rings. The normalized spacial score (nSPS) is 18.9. The number of nitrogens with one attached hydrogen (secondary N) is 3. The van der Waals surface area contributed by atoms with E-state index < -0.39 is 32.3 Å². The standard InChI is InChI=1S/C25H35F2N5O3Si/c1-24(2)19-17(20(31-30-19)29-21(33)25(12-9-13-25)36(3,4)5)14-32(24)23(34)28-18(15-35-22(26)27)16-10-7-6-8-11-16/h6-8,10-11,18,22H,9,12-15H2,1-5H3,(H,28,34)(H2,29,30,31,33)/t18-/m1/s1. The molecular formula is C25H35F2N5O3Si. The Bertz CT molecular complexity index is 1110. The van der Waals surface area contributed by atoms with Crippen LogP contribution in [0.15, 0.2) is 30.3 Å². The third-order valence-corrected chi connectivity index (χ3v) is 11.5. The predicted molar refractivity (Wildman–Crippen MR) is 135 cm³/mol. The maximum Gasteiger partial charge on any atom is 0.345 e. The van der Waals surface area contributed by atoms with Crippen LogP contribution in [0, 0.1) is 0 Å². The van der Waals surface area contributed by atoms with Gasteiger partial charge < -0.3 is 20.3 Å². The number of carbonyl (C=O) groups is 2. The minimum Gasteiger partial charge on any atom is -0.329 e. The van der Waals surface area contributed by atoms with Crippen LogP contribution >= 0.6 is 0 Å². The van der Waals surface area contributed by atoms with Gasteiger partial charge in [0.05, 0.1) is 38.5 Å². The average molecular weight is 520 g/mol. The van der Waals surface area contributed by atoms with Crippen molar-refractivity contribution in [2.75, 3.05) is 11.9 Å². The molecule has 1 aromatic carbocycles. The number of alkyl halides is 2. The highest BCUT2D eigenvalue weighted by Gasteiger charge is 2.54. The largest absolute Gasteiger partial charge is 0.345 e. The van der Waals surface area contributed by atoms with Crippen molar-refractivity contribution in [3.05, 3.63) is 47.2 Å². The maximum absolute atomic E-state index is 13.4. The minimum atomic E-state index is -2.94. The maximum atomic E-state index is 13.4. The number of halogens is 2. The van der Waals surface area contributed by atoms with Crippen LogP contribution < -0.4 is 10.6 Å². The lowest BCUT2D eigenvalue weighted by Crippen LogP contribution is -2.52. The van der Waals surface area contributed by atoms with Gasteiger partial charge in [-0.2, -0.15) is 13.9 Å². The zero-order valence-corrected chi connectivity index (χ0v) is 22.5. The highest BCUT2D eigenvalue weighted by atomic mass is 28.3. The Morgan fingerprint density at radius 1 is 1.19 bits per heavy atom. The van der Waals surface area contributed by atoms with E-state index in [1.54, 1.807) is 29.2 Å². The van der Waals surface area contributed by atoms with Crippen molar-refractivity contribution in [1.82, 2.24) is 20.4 Å². The van der Waals surface area contributed by atoms with E-state index in [1.807, 2.05) is 19.9 Å². The summed E-state index contributed by atoms with van der Waals surface area (Å²) in [6, 6.07) is 7.69. The molecule has 1 aromatic heterocycles. The van der Waals surface area contributed by atoms with Gasteiger partial charge in [-0.05, 0) is 32.3 Å². The van der Waals surface area contributed by atoms with E-state index in [9.17, 15) is 18.4 Å². The number of urea groups is 1. The average Bonchev–Trinajstić information content (AvgIpc) is 3.27. The molecule has 0 saturated heterocycles. The van der Waals surface area contributed by atoms with Crippen molar-refractivity contribution < 1.29 is 23.1 Å². The number of benzene rings is 1. The summed E-state index contributed by atoms with van der Waals surface area (Å²) in [4.78, 5) is 28.4. The third-order valence-electron chi connectivity index (χ3n) is 7.91. The molecule has 2 aliphatic rings. The van der Waals surface area contributed by atoms with E-state index >= 15 is 0 Å². The summed E-state index contributed by atoms with van der Waals surface area (Å²) in [5, 5.41) is 13.0. The number of H-pyrrole nitrogens is 1. The number of ether oxygens (including phenoxy) is 1. The van der Waals surface area contributed by atoms with Gasteiger partial charge in [0.2, 0.25) is 5.91 Å². The highest BCUT2D eigenvalue weighted by molar-refractivity contribution is 6.83. The van der Waals surface area contributed by atoms with Crippen molar-refractivity contribution in [1.29, 1.82) is 0 Å². The molecule has 3 N–H and O–H groups in total. The number of anilines is 1. The summed E-state index contributed by atoms with van der Waals surface area (Å²) in [5.41, 5.74) is 1.40. The summed E-state index contributed by atoms with van der Waals surface area (Å²) in [6.07, 6.45) is 2.83. The van der Waals surface area contributed by atoms with Crippen LogP contribution in [0.3, 0.4) is 0 Å². The molecule has 8 nitrogen and oxygen atoms in total. The van der Waals surface area contributed by atoms with Crippen molar-refractivity contribution in [2.24, 2.45) is 0 Å². The van der Waals surface area contributed by atoms with Gasteiger partial charge in [0, 0.05) is 10.6 Å². The Kier molecular flexibility index (Phi) is 7.00. The van der Waals surface area contributed by atoms with Gasteiger partial charge in [0.1, 0.15) is 0 Å². The molecule has 0 radical (unpaired) electrons. The minimum absolute atomic E-state index is 0.0104. The lowest BCUT2D eigenvalue weighted by atomic mass is 9.83. The second kappa shape index (κ2) is 9.58. The van der Waals surface area contributed by atoms with Gasteiger partial charge >= 0.3 is 12.6 Å². The molecule has 4 rings (SSSR count). The predicted octanol–water partition coefficient (Wildman–Crippen LogP) is 5.35. The zero-order chi connectivity index (χ0) is 26.3. The molecule has 1 aliphatic heterocycles. The first-order valence-corrected chi connectivity index (χ1v) is 15.8. The van der Waals surface area contributed by atoms with Gasteiger partial charge in [-0.1, -0.05) is 56.4 Å². The van der Waals surface area contributed by atoms with E-state index in [0.717, 1.165) is 30.5 Å². The van der Waals surface area contributed by atoms with Gasteiger partial charge in [-0.25, -0.2) is 4.79 Å². The molecule has 0 spiro atoms. The van der Waals surface area contributed by atoms with Crippen molar-refractivity contribution in [3.8, 4) is 0 Å². The van der Waals surface area contributed by atoms with Crippen LogP contribution in [0.25, 0.3) is 0 Å². The molecule has 3 amide bonds. The first-order chi connectivity index (χ1) is 16.9. The topological polar surface area (TPSA) is 99.4 Å². The number of carbonyl (C=O) groups excluding carboxylic acids is 2. The Morgan fingerprint density at radius 3 is 2.42 bits per heavy atom. The number of aromatic amines is 1. The summed E-state index contributed by atoms with van der Waals surface area (Å²) < 4.78 is 30.0. The summed E-state index contributed by atoms with van der Waals surface area (Å²) in [5.74, 6) is 0.458. The fourth-order valence-electron chi connectivity index (χ4n) is 5.32. The monoisotopic (exact) mass is 519 g/mol. The van der Waals surface area contributed by atoms with E-state index in [4.69, 9.17) is 0 Å². The van der Waals surface area contributed by atoms with Crippen molar-refractivity contribution in [2.45, 2.75) is 82.5 Å². The van der Waals surface area contributed by atoms with E-state index in [-0.39, 0.29) is 24.1 Å². The lowest BCUT2D eigenvalue weighted by molar-refractivity contribution is -0.133. The number of fused-ring (bicyclic) bond motifs is 1. The van der Waals surface area contributed by atoms with Crippen molar-refractivity contribution >= 4 is 25.8 Å². The summed E-state index contributed by atoms with van der Waals surface area (Å²) in [7, 11) is -1.76. The lowest BCUT2D eigenvalue weighted by Gasteiger charge is -2.48. The molecule has 0 unspecified atom stereocenters. The summed E-state index contributed by atoms with van der Waals surface area (Å²) >= 11 is 0. The van der Waals surface area contributed by atoms with Gasteiger partial charge in [-0.3, -0.25) is 9.89 Å². The smallest absolute Gasteiger partial charge is 0.329 e. The number of aromatic nitrogens is 2. The number of nitrogens with zero attached hydrogens (tertiary/aromatic N) is 2. The van der Waals surface area contributed by atoms with E-state index in [0.29, 0.717) is 11.4 Å². The number of hydrogen-bond donors (Lipinski definition) is 3. The number of amides is 3. The fraction of sp³-hybridized carbons (Fsp3) is 0.560. The Labute approximate surface area is 211 Å². The summed E-state index contributed by atoms with van der Waals surface area (Å²) in [6.45, 7) is 7.33. The number of rotatable bonds is 8. The van der Waals surface area contributed by atoms with Gasteiger partial charge in [-0.15, -0.1) is 0 Å². The molecule has 196 valence electrons. The van der Waals surface area contributed by atoms with Crippen molar-refractivity contribution in [3.63, 3.8) is 0 Å². The second-order valence-electron chi connectivity index (χ2n) is 11.2. The SMILES string of the molecule is CC1(C)c2[nH]nc(NC(=O)C3([Si](C)(C)C)CCC3)c2CN1C(=O)N[C@H](COC(F)F)c1ccccc1. The Hall–Kier alpha value is -2.79. The zero-order valence-electron chi connectivity index (χ0n) is 21.5. The third kappa shape index (κ3) is 4.66. The molecule has 1 atom stereocenters. The fourth-order valence-corrected chi connectivity index (χ4v) is 7.92. The van der Waals surface area contributed by atoms with E-state index in [2.05, 4.69) is 45.2 Å². The highest BCUT2D eigenvalue weighted by Crippen LogP contribution is 2.56. The van der Waals surface area contributed by atoms with Crippen LogP contribution in [-0.4, -0.2) is 48.3 Å². The first kappa shape index (κ1) is 26.3. The van der Waals surface area contributed by atoms with E-state index in [1.165, 1.54) is 0 Å². The van der Waals surface area contributed by atoms with Crippen LogP contribution in [0.2, 0.25) is 24.7 Å². The molecule has 1 saturated carbocycles. The quantitative estimate of drug-likeness (QED) is 0.409. The molecule has 36 heavy (non-hydrogen) atoms. The van der Waals surface area contributed by atoms with Crippen LogP contribution in [0.5, 0.6) is 0 Å². The molecule has 2 heterocycles.